The minimum Gasteiger partial charge on any atom is -0.458 e. The maximum atomic E-state index is 7.03. The predicted octanol–water partition coefficient (Wildman–Crippen LogP) is 7.66. The Kier molecular flexibility index (Phi) is 4.48. The molecule has 4 heteroatoms. The number of ether oxygens (including phenoxy) is 1. The summed E-state index contributed by atoms with van der Waals surface area (Å²) in [4.78, 5) is 0. The molecule has 0 bridgehead atoms. The largest absolute Gasteiger partial charge is 0.458 e. The van der Waals surface area contributed by atoms with Gasteiger partial charge < -0.3 is 9.30 Å². The molecule has 0 spiro atoms. The molecule has 0 saturated heterocycles. The third kappa shape index (κ3) is 2.83. The minimum absolute atomic E-state index is 0.0683. The Morgan fingerprint density at radius 2 is 1.04 bits per heavy atom. The van der Waals surface area contributed by atoms with E-state index in [2.05, 4.69) is 156 Å². The summed E-state index contributed by atoms with van der Waals surface area (Å²) in [6.45, 7) is 0.159. The lowest BCUT2D eigenvalue weighted by atomic mass is 9.27. The van der Waals surface area contributed by atoms with Gasteiger partial charge in [-0.2, -0.15) is 0 Å². The number of hydrogen-bond donors (Lipinski definition) is 0. The van der Waals surface area contributed by atoms with E-state index in [4.69, 9.17) is 4.74 Å². The van der Waals surface area contributed by atoms with Gasteiger partial charge in [-0.25, -0.2) is 0 Å². The van der Waals surface area contributed by atoms with Gasteiger partial charge in [-0.1, -0.05) is 144 Å². The summed E-state index contributed by atoms with van der Waals surface area (Å²) in [6, 6.07) is 56.9. The average molecular weight is 653 g/mol. The molecule has 52 heavy (non-hydrogen) atoms. The van der Waals surface area contributed by atoms with Crippen LogP contribution in [0.4, 0.5) is 0 Å². The first-order valence-corrected chi connectivity index (χ1v) is 18.3. The third-order valence-corrected chi connectivity index (χ3v) is 12.8. The zero-order valence-corrected chi connectivity index (χ0v) is 27.9. The fourth-order valence-corrected chi connectivity index (χ4v) is 11.1. The van der Waals surface area contributed by atoms with Crippen molar-refractivity contribution in [2.45, 2.75) is 0 Å². The van der Waals surface area contributed by atoms with E-state index in [0.717, 1.165) is 11.5 Å². The molecule has 4 aliphatic rings. The molecule has 0 unspecified atom stereocenters. The lowest BCUT2D eigenvalue weighted by Gasteiger charge is -2.42. The van der Waals surface area contributed by atoms with Gasteiger partial charge in [0.05, 0.1) is 5.52 Å². The molecule has 14 rings (SSSR count). The van der Waals surface area contributed by atoms with E-state index in [1.807, 2.05) is 0 Å². The van der Waals surface area contributed by atoms with Crippen LogP contribution in [0.2, 0.25) is 0 Å². The molecule has 0 aliphatic carbocycles. The second kappa shape index (κ2) is 8.85. The van der Waals surface area contributed by atoms with Gasteiger partial charge in [0.25, 0.3) is 6.71 Å². The van der Waals surface area contributed by atoms with Gasteiger partial charge in [-0.05, 0) is 88.6 Å². The number of fused-ring (bicyclic) bond motifs is 10. The molecule has 4 aliphatic heterocycles. The standard InChI is InChI=1S/C48H25B2NO/c1-2-13-27-26(11-1)12-7-15-29(27)41-31-17-9-20-34-42(31)44-43-32(41)18-10-21-35(43)50-36-22-8-16-30-28-14-3-5-23-37(28)51(48(30)36)38-25-40-47(45(44)46(38)50)49(34)33-19-4-6-24-39(33)52-40/h1-25H. The van der Waals surface area contributed by atoms with Gasteiger partial charge in [0.2, 0.25) is 6.71 Å². The molecule has 234 valence electrons. The van der Waals surface area contributed by atoms with Gasteiger partial charge in [0, 0.05) is 28.0 Å². The molecule has 1 aromatic heterocycles. The fourth-order valence-electron chi connectivity index (χ4n) is 11.1. The highest BCUT2D eigenvalue weighted by Crippen LogP contribution is 2.49. The zero-order valence-electron chi connectivity index (χ0n) is 27.9. The summed E-state index contributed by atoms with van der Waals surface area (Å²) >= 11 is 0. The number of aromatic nitrogens is 1. The molecular formula is C48H25B2NO. The third-order valence-electron chi connectivity index (χ3n) is 12.8. The van der Waals surface area contributed by atoms with Crippen LogP contribution in [0.1, 0.15) is 0 Å². The molecule has 5 heterocycles. The molecule has 0 saturated carbocycles. The average Bonchev–Trinajstić information content (AvgIpc) is 3.54. The van der Waals surface area contributed by atoms with E-state index in [0.29, 0.717) is 0 Å². The highest BCUT2D eigenvalue weighted by atomic mass is 16.5. The van der Waals surface area contributed by atoms with Crippen LogP contribution in [0.3, 0.4) is 0 Å². The molecule has 0 N–H and O–H groups in total. The Morgan fingerprint density at radius 3 is 1.88 bits per heavy atom. The van der Waals surface area contributed by atoms with Gasteiger partial charge in [0.15, 0.2) is 0 Å². The van der Waals surface area contributed by atoms with Crippen LogP contribution in [0.15, 0.2) is 152 Å². The van der Waals surface area contributed by atoms with E-state index < -0.39 is 0 Å². The van der Waals surface area contributed by atoms with E-state index in [-0.39, 0.29) is 13.4 Å². The van der Waals surface area contributed by atoms with Crippen molar-refractivity contribution in [3.8, 4) is 39.4 Å². The van der Waals surface area contributed by atoms with Crippen molar-refractivity contribution in [2.75, 3.05) is 0 Å². The van der Waals surface area contributed by atoms with Crippen molar-refractivity contribution < 1.29 is 4.74 Å². The summed E-state index contributed by atoms with van der Waals surface area (Å²) in [5.41, 5.74) is 17.3. The molecule has 2 nitrogen and oxygen atoms in total. The Labute approximate surface area is 299 Å². The van der Waals surface area contributed by atoms with Crippen LogP contribution in [0, 0.1) is 0 Å². The van der Waals surface area contributed by atoms with E-state index in [9.17, 15) is 0 Å². The Bertz CT molecular complexity index is 3350. The summed E-state index contributed by atoms with van der Waals surface area (Å²) in [7, 11) is 0. The molecule has 9 aromatic carbocycles. The van der Waals surface area contributed by atoms with Gasteiger partial charge in [0.1, 0.15) is 11.5 Å². The summed E-state index contributed by atoms with van der Waals surface area (Å²) in [5, 5.41) is 10.6. The first kappa shape index (κ1) is 26.3. The van der Waals surface area contributed by atoms with Crippen molar-refractivity contribution in [2.24, 2.45) is 0 Å². The zero-order chi connectivity index (χ0) is 33.4. The van der Waals surface area contributed by atoms with E-state index in [1.165, 1.54) is 115 Å². The quantitative estimate of drug-likeness (QED) is 0.131. The summed E-state index contributed by atoms with van der Waals surface area (Å²) < 4.78 is 9.58. The maximum Gasteiger partial charge on any atom is 0.252 e. The smallest absolute Gasteiger partial charge is 0.252 e. The fraction of sp³-hybridized carbons (Fsp3) is 0. The van der Waals surface area contributed by atoms with E-state index in [1.54, 1.807) is 0 Å². The Morgan fingerprint density at radius 1 is 0.423 bits per heavy atom. The molecule has 0 radical (unpaired) electrons. The van der Waals surface area contributed by atoms with Crippen molar-refractivity contribution in [3.63, 3.8) is 0 Å². The SMILES string of the molecule is c1ccc2c(c1)Oc1cc3c4c5c1B2c1cccc2c(-c6cccc7ccccc67)c6cccc(c6c-5c12)B4c1cccc2c4ccccc4n-3c12. The van der Waals surface area contributed by atoms with Crippen molar-refractivity contribution >= 4 is 100 Å². The van der Waals surface area contributed by atoms with Gasteiger partial charge >= 0.3 is 0 Å². The first-order valence-electron chi connectivity index (χ1n) is 18.3. The number of benzene rings is 9. The number of nitrogens with zero attached hydrogens (tertiary/aromatic N) is 1. The van der Waals surface area contributed by atoms with Crippen LogP contribution >= 0.6 is 0 Å². The van der Waals surface area contributed by atoms with E-state index >= 15 is 0 Å². The maximum absolute atomic E-state index is 7.03. The van der Waals surface area contributed by atoms with Crippen LogP contribution in [-0.2, 0) is 0 Å². The second-order valence-electron chi connectivity index (χ2n) is 15.0. The van der Waals surface area contributed by atoms with Crippen molar-refractivity contribution in [1.82, 2.24) is 4.57 Å². The van der Waals surface area contributed by atoms with Crippen LogP contribution in [0.25, 0.3) is 82.1 Å². The lowest BCUT2D eigenvalue weighted by Crippen LogP contribution is -2.64. The van der Waals surface area contributed by atoms with Crippen LogP contribution in [0.5, 0.6) is 11.5 Å². The minimum atomic E-state index is 0.0683. The lowest BCUT2D eigenvalue weighted by molar-refractivity contribution is 0.487. The van der Waals surface area contributed by atoms with Crippen LogP contribution < -0.4 is 37.5 Å². The van der Waals surface area contributed by atoms with Gasteiger partial charge in [-0.15, -0.1) is 0 Å². The highest BCUT2D eigenvalue weighted by Gasteiger charge is 2.48. The van der Waals surface area contributed by atoms with Gasteiger partial charge in [-0.3, -0.25) is 0 Å². The number of rotatable bonds is 1. The van der Waals surface area contributed by atoms with Crippen LogP contribution in [-0.4, -0.2) is 18.0 Å². The monoisotopic (exact) mass is 653 g/mol. The number of hydrogen-bond acceptors (Lipinski definition) is 1. The first-order chi connectivity index (χ1) is 25.8. The van der Waals surface area contributed by atoms with Crippen molar-refractivity contribution in [1.29, 1.82) is 0 Å². The number of para-hydroxylation sites is 3. The highest BCUT2D eigenvalue weighted by molar-refractivity contribution is 7.05. The predicted molar refractivity (Wildman–Crippen MR) is 220 cm³/mol. The Balaban J connectivity index is 1.27. The summed E-state index contributed by atoms with van der Waals surface area (Å²) in [6.07, 6.45) is 0. The molecule has 0 amide bonds. The molecule has 0 atom stereocenters. The summed E-state index contributed by atoms with van der Waals surface area (Å²) in [5.74, 6) is 1.93. The second-order valence-corrected chi connectivity index (χ2v) is 15.0. The van der Waals surface area contributed by atoms with Crippen molar-refractivity contribution in [3.05, 3.63) is 152 Å². The molecular weight excluding hydrogens is 628 g/mol. The normalized spacial score (nSPS) is 13.8. The Hall–Kier alpha value is -6.51. The molecule has 0 fully saturated rings. The molecule has 10 aromatic rings. The topological polar surface area (TPSA) is 14.2 Å².